The third-order valence-corrected chi connectivity index (χ3v) is 4.81. The summed E-state index contributed by atoms with van der Waals surface area (Å²) in [6, 6.07) is 5.99. The number of carbonyl (C=O) groups excluding carboxylic acids is 2. The summed E-state index contributed by atoms with van der Waals surface area (Å²) in [5.74, 6) is -0.711. The van der Waals surface area contributed by atoms with Gasteiger partial charge in [-0.05, 0) is 62.9 Å². The average Bonchev–Trinajstić information content (AvgIpc) is 2.62. The third kappa shape index (κ3) is 4.20. The average molecular weight is 404 g/mol. The number of aromatic amines is 1. The number of aryl methyl sites for hydroxylation is 1. The van der Waals surface area contributed by atoms with Gasteiger partial charge in [-0.2, -0.15) is 0 Å². The lowest BCUT2D eigenvalue weighted by molar-refractivity contribution is 0.0926. The van der Waals surface area contributed by atoms with Crippen LogP contribution in [0.25, 0.3) is 0 Å². The summed E-state index contributed by atoms with van der Waals surface area (Å²) in [7, 11) is 0. The van der Waals surface area contributed by atoms with E-state index in [0.717, 1.165) is 6.42 Å². The largest absolute Gasteiger partial charge is 0.490 e. The standard InChI is InChI=1S/C20H22ClN3O4/c1-10(2)28-17-7-6-11(21)8-13(17)19(26)23-15-4-3-5-16-12(15)9-14(18(22)25)20(27)24-16/h6-10,15H,3-5H2,1-2H3,(H2,22,25)(H,23,26)(H,24,27)/t15-/m1/s1. The number of amides is 2. The van der Waals surface area contributed by atoms with Crippen LogP contribution in [0.4, 0.5) is 0 Å². The van der Waals surface area contributed by atoms with Crippen LogP contribution < -0.4 is 21.3 Å². The zero-order valence-electron chi connectivity index (χ0n) is 15.7. The Labute approximate surface area is 167 Å². The third-order valence-electron chi connectivity index (χ3n) is 4.57. The van der Waals surface area contributed by atoms with E-state index < -0.39 is 11.5 Å². The molecular weight excluding hydrogens is 382 g/mol. The summed E-state index contributed by atoms with van der Waals surface area (Å²) in [5, 5.41) is 3.39. The van der Waals surface area contributed by atoms with Crippen molar-refractivity contribution in [1.29, 1.82) is 0 Å². The molecule has 28 heavy (non-hydrogen) atoms. The Kier molecular flexibility index (Phi) is 5.74. The Morgan fingerprint density at radius 1 is 1.29 bits per heavy atom. The summed E-state index contributed by atoms with van der Waals surface area (Å²) >= 11 is 6.07. The molecule has 4 N–H and O–H groups in total. The van der Waals surface area contributed by atoms with Crippen LogP contribution in [0, 0.1) is 0 Å². The minimum Gasteiger partial charge on any atom is -0.490 e. The van der Waals surface area contributed by atoms with Crippen molar-refractivity contribution in [2.75, 3.05) is 0 Å². The van der Waals surface area contributed by atoms with Crippen LogP contribution in [-0.2, 0) is 6.42 Å². The fraction of sp³-hybridized carbons (Fsp3) is 0.350. The van der Waals surface area contributed by atoms with Crippen LogP contribution in [0.15, 0.2) is 29.1 Å². The van der Waals surface area contributed by atoms with Crippen molar-refractivity contribution < 1.29 is 14.3 Å². The zero-order chi connectivity index (χ0) is 20.4. The molecule has 148 valence electrons. The number of pyridine rings is 1. The predicted molar refractivity (Wildman–Crippen MR) is 106 cm³/mol. The van der Waals surface area contributed by atoms with Crippen LogP contribution in [-0.4, -0.2) is 22.9 Å². The highest BCUT2D eigenvalue weighted by molar-refractivity contribution is 6.31. The van der Waals surface area contributed by atoms with Gasteiger partial charge in [-0.25, -0.2) is 0 Å². The SMILES string of the molecule is CC(C)Oc1ccc(Cl)cc1C(=O)N[C@@H]1CCCc2[nH]c(=O)c(C(N)=O)cc21. The Hall–Kier alpha value is -2.80. The molecule has 1 aromatic carbocycles. The quantitative estimate of drug-likeness (QED) is 0.711. The van der Waals surface area contributed by atoms with E-state index in [-0.39, 0.29) is 23.6 Å². The number of fused-ring (bicyclic) bond motifs is 1. The van der Waals surface area contributed by atoms with Gasteiger partial charge < -0.3 is 20.8 Å². The first-order chi connectivity index (χ1) is 13.3. The smallest absolute Gasteiger partial charge is 0.261 e. The van der Waals surface area contributed by atoms with Gasteiger partial charge in [-0.15, -0.1) is 0 Å². The Bertz CT molecular complexity index is 984. The summed E-state index contributed by atoms with van der Waals surface area (Å²) in [4.78, 5) is 39.2. The number of halogens is 1. The van der Waals surface area contributed by atoms with Gasteiger partial charge in [0.25, 0.3) is 17.4 Å². The number of nitrogens with two attached hydrogens (primary N) is 1. The number of ether oxygens (including phenoxy) is 1. The number of hydrogen-bond acceptors (Lipinski definition) is 4. The van der Waals surface area contributed by atoms with E-state index in [1.54, 1.807) is 18.2 Å². The predicted octanol–water partition coefficient (Wildman–Crippen LogP) is 2.72. The summed E-state index contributed by atoms with van der Waals surface area (Å²) < 4.78 is 5.72. The maximum Gasteiger partial charge on any atom is 0.261 e. The molecule has 0 unspecified atom stereocenters. The number of H-pyrrole nitrogens is 1. The maximum atomic E-state index is 12.9. The number of rotatable bonds is 5. The number of hydrogen-bond donors (Lipinski definition) is 3. The molecule has 7 nitrogen and oxygen atoms in total. The molecule has 0 fully saturated rings. The van der Waals surface area contributed by atoms with Gasteiger partial charge in [-0.1, -0.05) is 11.6 Å². The maximum absolute atomic E-state index is 12.9. The molecule has 2 amide bonds. The van der Waals surface area contributed by atoms with Gasteiger partial charge >= 0.3 is 0 Å². The van der Waals surface area contributed by atoms with Crippen LogP contribution in [0.5, 0.6) is 5.75 Å². The molecule has 1 aromatic heterocycles. The number of nitrogens with one attached hydrogen (secondary N) is 2. The van der Waals surface area contributed by atoms with E-state index >= 15 is 0 Å². The van der Waals surface area contributed by atoms with Crippen molar-refractivity contribution in [2.24, 2.45) is 5.73 Å². The lowest BCUT2D eigenvalue weighted by atomic mass is 9.90. The monoisotopic (exact) mass is 403 g/mol. The molecule has 1 aliphatic carbocycles. The molecule has 3 rings (SSSR count). The lowest BCUT2D eigenvalue weighted by Crippen LogP contribution is -2.34. The minimum absolute atomic E-state index is 0.105. The molecular formula is C20H22ClN3O4. The zero-order valence-corrected chi connectivity index (χ0v) is 16.4. The summed E-state index contributed by atoms with van der Waals surface area (Å²) in [6.07, 6.45) is 2.01. The summed E-state index contributed by atoms with van der Waals surface area (Å²) in [6.45, 7) is 3.74. The van der Waals surface area contributed by atoms with Gasteiger partial charge in [0.1, 0.15) is 11.3 Å². The molecule has 2 aromatic rings. The van der Waals surface area contributed by atoms with E-state index in [9.17, 15) is 14.4 Å². The van der Waals surface area contributed by atoms with Crippen molar-refractivity contribution >= 4 is 23.4 Å². The van der Waals surface area contributed by atoms with E-state index in [4.69, 9.17) is 22.1 Å². The van der Waals surface area contributed by atoms with Crippen molar-refractivity contribution in [3.05, 3.63) is 62.0 Å². The minimum atomic E-state index is -0.804. The number of aromatic nitrogens is 1. The van der Waals surface area contributed by atoms with Gasteiger partial charge in [0, 0.05) is 10.7 Å². The van der Waals surface area contributed by atoms with Crippen LogP contribution in [0.2, 0.25) is 5.02 Å². The molecule has 0 aliphatic heterocycles. The molecule has 1 heterocycles. The number of benzene rings is 1. The van der Waals surface area contributed by atoms with Gasteiger partial charge in [-0.3, -0.25) is 14.4 Å². The first-order valence-corrected chi connectivity index (χ1v) is 9.47. The van der Waals surface area contributed by atoms with E-state index in [0.29, 0.717) is 40.4 Å². The van der Waals surface area contributed by atoms with Gasteiger partial charge in [0.05, 0.1) is 17.7 Å². The van der Waals surface area contributed by atoms with Crippen molar-refractivity contribution in [2.45, 2.75) is 45.3 Å². The molecule has 0 saturated heterocycles. The molecule has 0 radical (unpaired) electrons. The van der Waals surface area contributed by atoms with E-state index in [1.807, 2.05) is 13.8 Å². The Balaban J connectivity index is 1.93. The van der Waals surface area contributed by atoms with Crippen molar-refractivity contribution in [1.82, 2.24) is 10.3 Å². The van der Waals surface area contributed by atoms with Crippen molar-refractivity contribution in [3.8, 4) is 5.75 Å². The van der Waals surface area contributed by atoms with E-state index in [1.165, 1.54) is 6.07 Å². The van der Waals surface area contributed by atoms with Crippen LogP contribution in [0.3, 0.4) is 0 Å². The molecule has 0 saturated carbocycles. The van der Waals surface area contributed by atoms with Crippen LogP contribution >= 0.6 is 11.6 Å². The fourth-order valence-electron chi connectivity index (χ4n) is 3.35. The fourth-order valence-corrected chi connectivity index (χ4v) is 3.52. The lowest BCUT2D eigenvalue weighted by Gasteiger charge is -2.27. The number of primary amides is 1. The second kappa shape index (κ2) is 8.06. The molecule has 0 bridgehead atoms. The van der Waals surface area contributed by atoms with Crippen molar-refractivity contribution in [3.63, 3.8) is 0 Å². The Morgan fingerprint density at radius 3 is 2.71 bits per heavy atom. The van der Waals surface area contributed by atoms with E-state index in [2.05, 4.69) is 10.3 Å². The second-order valence-corrected chi connectivity index (χ2v) is 7.47. The second-order valence-electron chi connectivity index (χ2n) is 7.04. The Morgan fingerprint density at radius 2 is 2.04 bits per heavy atom. The van der Waals surface area contributed by atoms with Gasteiger partial charge in [0.15, 0.2) is 0 Å². The first kappa shape index (κ1) is 19.9. The molecule has 8 heteroatoms. The summed E-state index contributed by atoms with van der Waals surface area (Å²) in [5.41, 5.74) is 6.39. The number of carbonyl (C=O) groups is 2. The molecule has 1 aliphatic rings. The highest BCUT2D eigenvalue weighted by Crippen LogP contribution is 2.30. The highest BCUT2D eigenvalue weighted by atomic mass is 35.5. The first-order valence-electron chi connectivity index (χ1n) is 9.09. The van der Waals surface area contributed by atoms with Crippen LogP contribution in [0.1, 0.15) is 64.7 Å². The molecule has 0 spiro atoms. The topological polar surface area (TPSA) is 114 Å². The molecule has 1 atom stereocenters. The normalized spacial score (nSPS) is 15.8. The van der Waals surface area contributed by atoms with Gasteiger partial charge in [0.2, 0.25) is 0 Å². The highest BCUT2D eigenvalue weighted by Gasteiger charge is 2.26.